The van der Waals surface area contributed by atoms with Crippen LogP contribution in [0.1, 0.15) is 5.69 Å². The van der Waals surface area contributed by atoms with E-state index in [4.69, 9.17) is 0 Å². The number of hydrogen-bond acceptors (Lipinski definition) is 5. The lowest BCUT2D eigenvalue weighted by Crippen LogP contribution is -2.18. The molecule has 0 unspecified atom stereocenters. The molecule has 0 spiro atoms. The molecule has 7 heteroatoms. The quantitative estimate of drug-likeness (QED) is 0.533. The molecule has 0 amide bonds. The number of thioether (sulfide) groups is 1. The van der Waals surface area contributed by atoms with Crippen LogP contribution in [0.3, 0.4) is 0 Å². The van der Waals surface area contributed by atoms with Crippen LogP contribution < -0.4 is 5.32 Å². The third kappa shape index (κ3) is 3.55. The van der Waals surface area contributed by atoms with Crippen LogP contribution in [0.25, 0.3) is 5.69 Å². The molecule has 3 rings (SSSR count). The normalized spacial score (nSPS) is 11.0. The van der Waals surface area contributed by atoms with Crippen molar-refractivity contribution in [1.29, 1.82) is 0 Å². The SMILES string of the molecule is Cn1cccc1CNCCSc1nnnn1-c1ccccc1. The molecule has 114 valence electrons. The molecule has 0 saturated carbocycles. The third-order valence-electron chi connectivity index (χ3n) is 3.31. The van der Waals surface area contributed by atoms with Gasteiger partial charge in [0, 0.05) is 37.8 Å². The Hall–Kier alpha value is -2.12. The van der Waals surface area contributed by atoms with Crippen molar-refractivity contribution in [2.45, 2.75) is 11.7 Å². The Morgan fingerprint density at radius 3 is 2.77 bits per heavy atom. The average Bonchev–Trinajstić information content (AvgIpc) is 3.17. The first kappa shape index (κ1) is 14.8. The lowest BCUT2D eigenvalue weighted by Gasteiger charge is -2.06. The maximum atomic E-state index is 4.09. The molecule has 0 aliphatic rings. The highest BCUT2D eigenvalue weighted by atomic mass is 32.2. The van der Waals surface area contributed by atoms with Crippen LogP contribution in [-0.4, -0.2) is 37.1 Å². The predicted octanol–water partition coefficient (Wildman–Crippen LogP) is 1.88. The summed E-state index contributed by atoms with van der Waals surface area (Å²) in [5.41, 5.74) is 2.26. The largest absolute Gasteiger partial charge is 0.353 e. The Kier molecular flexibility index (Phi) is 4.87. The minimum absolute atomic E-state index is 0.812. The highest BCUT2D eigenvalue weighted by molar-refractivity contribution is 7.99. The smallest absolute Gasteiger partial charge is 0.214 e. The molecular formula is C15H18N6S. The maximum Gasteiger partial charge on any atom is 0.214 e. The fraction of sp³-hybridized carbons (Fsp3) is 0.267. The van der Waals surface area contributed by atoms with Crippen LogP contribution in [0, 0.1) is 0 Å². The van der Waals surface area contributed by atoms with E-state index in [1.54, 1.807) is 16.4 Å². The lowest BCUT2D eigenvalue weighted by atomic mass is 10.3. The van der Waals surface area contributed by atoms with E-state index in [2.05, 4.69) is 50.8 Å². The first-order valence-corrected chi connectivity index (χ1v) is 8.10. The number of tetrazole rings is 1. The second-order valence-corrected chi connectivity index (χ2v) is 5.91. The molecular weight excluding hydrogens is 296 g/mol. The van der Waals surface area contributed by atoms with Crippen LogP contribution in [0.2, 0.25) is 0 Å². The zero-order valence-corrected chi connectivity index (χ0v) is 13.2. The predicted molar refractivity (Wildman–Crippen MR) is 87.0 cm³/mol. The first-order chi connectivity index (χ1) is 10.8. The summed E-state index contributed by atoms with van der Waals surface area (Å²) in [6.07, 6.45) is 2.06. The van der Waals surface area contributed by atoms with E-state index in [9.17, 15) is 0 Å². The van der Waals surface area contributed by atoms with E-state index in [0.717, 1.165) is 29.7 Å². The standard InChI is InChI=1S/C15H18N6S/c1-20-10-5-8-14(20)12-16-9-11-22-15-17-18-19-21(15)13-6-3-2-4-7-13/h2-8,10,16H,9,11-12H2,1H3. The minimum Gasteiger partial charge on any atom is -0.353 e. The maximum absolute atomic E-state index is 4.09. The molecule has 2 aromatic heterocycles. The van der Waals surface area contributed by atoms with E-state index >= 15 is 0 Å². The molecule has 6 nitrogen and oxygen atoms in total. The van der Waals surface area contributed by atoms with Crippen molar-refractivity contribution in [1.82, 2.24) is 30.1 Å². The summed E-state index contributed by atoms with van der Waals surface area (Å²) < 4.78 is 3.89. The lowest BCUT2D eigenvalue weighted by molar-refractivity contribution is 0.682. The summed E-state index contributed by atoms with van der Waals surface area (Å²) >= 11 is 1.65. The number of benzene rings is 1. The average molecular weight is 314 g/mol. The van der Waals surface area contributed by atoms with Gasteiger partial charge in [0.05, 0.1) is 5.69 Å². The van der Waals surface area contributed by atoms with Crippen molar-refractivity contribution in [2.24, 2.45) is 7.05 Å². The van der Waals surface area contributed by atoms with E-state index in [0.29, 0.717) is 0 Å². The third-order valence-corrected chi connectivity index (χ3v) is 4.23. The first-order valence-electron chi connectivity index (χ1n) is 7.12. The Balaban J connectivity index is 1.49. The van der Waals surface area contributed by atoms with Crippen LogP contribution in [0.15, 0.2) is 53.8 Å². The summed E-state index contributed by atoms with van der Waals surface area (Å²) in [5, 5.41) is 16.1. The topological polar surface area (TPSA) is 60.6 Å². The molecule has 0 atom stereocenters. The number of aryl methyl sites for hydroxylation is 1. The van der Waals surface area contributed by atoms with E-state index < -0.39 is 0 Å². The Bertz CT molecular complexity index is 706. The highest BCUT2D eigenvalue weighted by Crippen LogP contribution is 2.17. The molecule has 3 aromatic rings. The molecule has 0 saturated heterocycles. The minimum atomic E-state index is 0.812. The fourth-order valence-corrected chi connectivity index (χ4v) is 2.90. The second kappa shape index (κ2) is 7.24. The van der Waals surface area contributed by atoms with Gasteiger partial charge < -0.3 is 9.88 Å². The molecule has 0 radical (unpaired) electrons. The van der Waals surface area contributed by atoms with Crippen LogP contribution in [0.4, 0.5) is 0 Å². The summed E-state index contributed by atoms with van der Waals surface area (Å²) in [7, 11) is 2.06. The van der Waals surface area contributed by atoms with Crippen molar-refractivity contribution in [3.63, 3.8) is 0 Å². The van der Waals surface area contributed by atoms with Gasteiger partial charge >= 0.3 is 0 Å². The van der Waals surface area contributed by atoms with Gasteiger partial charge in [0.1, 0.15) is 0 Å². The van der Waals surface area contributed by atoms with Gasteiger partial charge in [-0.25, -0.2) is 0 Å². The van der Waals surface area contributed by atoms with Gasteiger partial charge in [-0.05, 0) is 34.7 Å². The summed E-state index contributed by atoms with van der Waals surface area (Å²) in [6.45, 7) is 1.77. The van der Waals surface area contributed by atoms with Crippen molar-refractivity contribution in [2.75, 3.05) is 12.3 Å². The van der Waals surface area contributed by atoms with Gasteiger partial charge in [0.15, 0.2) is 0 Å². The van der Waals surface area contributed by atoms with Crippen molar-refractivity contribution in [3.8, 4) is 5.69 Å². The molecule has 0 fully saturated rings. The highest BCUT2D eigenvalue weighted by Gasteiger charge is 2.08. The fourth-order valence-electron chi connectivity index (χ4n) is 2.11. The number of para-hydroxylation sites is 1. The molecule has 0 aliphatic heterocycles. The van der Waals surface area contributed by atoms with Gasteiger partial charge in [-0.3, -0.25) is 0 Å². The zero-order valence-electron chi connectivity index (χ0n) is 12.4. The van der Waals surface area contributed by atoms with Crippen molar-refractivity contribution >= 4 is 11.8 Å². The van der Waals surface area contributed by atoms with E-state index in [-0.39, 0.29) is 0 Å². The van der Waals surface area contributed by atoms with Crippen molar-refractivity contribution < 1.29 is 0 Å². The molecule has 2 heterocycles. The van der Waals surface area contributed by atoms with Gasteiger partial charge in [-0.1, -0.05) is 30.0 Å². The van der Waals surface area contributed by atoms with E-state index in [1.165, 1.54) is 5.69 Å². The number of nitrogens with one attached hydrogen (secondary N) is 1. The van der Waals surface area contributed by atoms with Gasteiger partial charge in [-0.2, -0.15) is 4.68 Å². The van der Waals surface area contributed by atoms with Crippen LogP contribution in [0.5, 0.6) is 0 Å². The Morgan fingerprint density at radius 2 is 2.00 bits per heavy atom. The van der Waals surface area contributed by atoms with Gasteiger partial charge in [-0.15, -0.1) is 5.10 Å². The second-order valence-electron chi connectivity index (χ2n) is 4.84. The number of hydrogen-bond donors (Lipinski definition) is 1. The molecule has 0 bridgehead atoms. The van der Waals surface area contributed by atoms with Crippen molar-refractivity contribution in [3.05, 3.63) is 54.4 Å². The summed E-state index contributed by atoms with van der Waals surface area (Å²) in [5.74, 6) is 0.914. The molecule has 1 aromatic carbocycles. The number of nitrogens with zero attached hydrogens (tertiary/aromatic N) is 5. The van der Waals surface area contributed by atoms with Gasteiger partial charge in [0.2, 0.25) is 5.16 Å². The monoisotopic (exact) mass is 314 g/mol. The number of aromatic nitrogens is 5. The molecule has 1 N–H and O–H groups in total. The zero-order chi connectivity index (χ0) is 15.2. The van der Waals surface area contributed by atoms with E-state index in [1.807, 2.05) is 30.3 Å². The Labute approximate surface area is 133 Å². The summed E-state index contributed by atoms with van der Waals surface area (Å²) in [6, 6.07) is 14.1. The Morgan fingerprint density at radius 1 is 1.14 bits per heavy atom. The van der Waals surface area contributed by atoms with Crippen LogP contribution >= 0.6 is 11.8 Å². The molecule has 0 aliphatic carbocycles. The summed E-state index contributed by atoms with van der Waals surface area (Å²) in [4.78, 5) is 0. The van der Waals surface area contributed by atoms with Gasteiger partial charge in [0.25, 0.3) is 0 Å². The number of rotatable bonds is 7. The molecule has 22 heavy (non-hydrogen) atoms. The van der Waals surface area contributed by atoms with Crippen LogP contribution in [-0.2, 0) is 13.6 Å².